The van der Waals surface area contributed by atoms with E-state index in [9.17, 15) is 9.59 Å². The number of esters is 1. The SMILES string of the molecule is CC1(C)OC(=O)CC1C(=O)N(Cc1ccccn1)Cc1cccc2c1OCO2. The van der Waals surface area contributed by atoms with Crippen molar-refractivity contribution in [2.24, 2.45) is 5.92 Å². The molecule has 0 saturated carbocycles. The summed E-state index contributed by atoms with van der Waals surface area (Å²) in [5.74, 6) is 0.288. The van der Waals surface area contributed by atoms with Crippen molar-refractivity contribution >= 4 is 11.9 Å². The molecule has 2 aliphatic rings. The average Bonchev–Trinajstić information content (AvgIpc) is 3.25. The van der Waals surface area contributed by atoms with Crippen molar-refractivity contribution in [3.05, 3.63) is 53.9 Å². The van der Waals surface area contributed by atoms with Crippen LogP contribution in [0.3, 0.4) is 0 Å². The summed E-state index contributed by atoms with van der Waals surface area (Å²) >= 11 is 0. The van der Waals surface area contributed by atoms with Crippen LogP contribution < -0.4 is 9.47 Å². The van der Waals surface area contributed by atoms with Gasteiger partial charge in [-0.15, -0.1) is 0 Å². The van der Waals surface area contributed by atoms with Crippen LogP contribution in [0.5, 0.6) is 11.5 Å². The van der Waals surface area contributed by atoms with Crippen LogP contribution in [0.25, 0.3) is 0 Å². The quantitative estimate of drug-likeness (QED) is 0.740. The van der Waals surface area contributed by atoms with Crippen LogP contribution in [0.2, 0.25) is 0 Å². The van der Waals surface area contributed by atoms with Gasteiger partial charge in [0.2, 0.25) is 12.7 Å². The first-order valence-electron chi connectivity index (χ1n) is 9.22. The van der Waals surface area contributed by atoms with Crippen LogP contribution in [0.4, 0.5) is 0 Å². The number of ether oxygens (including phenoxy) is 3. The standard InChI is InChI=1S/C21H22N2O5/c1-21(2)16(10-18(24)28-21)20(25)23(12-15-7-3-4-9-22-15)11-14-6-5-8-17-19(14)27-13-26-17/h3-9,16H,10-13H2,1-2H3. The van der Waals surface area contributed by atoms with E-state index in [0.717, 1.165) is 11.3 Å². The number of fused-ring (bicyclic) bond motifs is 1. The molecule has 2 aliphatic heterocycles. The van der Waals surface area contributed by atoms with Gasteiger partial charge in [-0.2, -0.15) is 0 Å². The van der Waals surface area contributed by atoms with E-state index in [2.05, 4.69) is 4.98 Å². The smallest absolute Gasteiger partial charge is 0.307 e. The van der Waals surface area contributed by atoms with E-state index >= 15 is 0 Å². The minimum absolute atomic E-state index is 0.0804. The van der Waals surface area contributed by atoms with E-state index < -0.39 is 11.5 Å². The van der Waals surface area contributed by atoms with Gasteiger partial charge >= 0.3 is 5.97 Å². The van der Waals surface area contributed by atoms with E-state index in [1.54, 1.807) is 24.9 Å². The molecule has 146 valence electrons. The van der Waals surface area contributed by atoms with Crippen LogP contribution in [-0.2, 0) is 27.4 Å². The predicted molar refractivity (Wildman–Crippen MR) is 99.3 cm³/mol. The molecule has 3 heterocycles. The number of rotatable bonds is 5. The Morgan fingerprint density at radius 2 is 2.04 bits per heavy atom. The third kappa shape index (κ3) is 3.52. The van der Waals surface area contributed by atoms with Crippen molar-refractivity contribution in [3.8, 4) is 11.5 Å². The summed E-state index contributed by atoms with van der Waals surface area (Å²) in [6.45, 7) is 4.36. The molecule has 1 amide bonds. The first-order chi connectivity index (χ1) is 13.4. The fourth-order valence-corrected chi connectivity index (χ4v) is 3.64. The Kier molecular flexibility index (Phi) is 4.66. The lowest BCUT2D eigenvalue weighted by molar-refractivity contribution is -0.149. The largest absolute Gasteiger partial charge is 0.459 e. The van der Waals surface area contributed by atoms with Gasteiger partial charge in [0.05, 0.1) is 24.6 Å². The normalized spacial score (nSPS) is 19.4. The molecule has 1 atom stereocenters. The number of pyridine rings is 1. The Morgan fingerprint density at radius 3 is 2.75 bits per heavy atom. The highest BCUT2D eigenvalue weighted by molar-refractivity contribution is 5.87. The molecule has 1 unspecified atom stereocenters. The zero-order valence-electron chi connectivity index (χ0n) is 15.9. The molecule has 7 nitrogen and oxygen atoms in total. The summed E-state index contributed by atoms with van der Waals surface area (Å²) < 4.78 is 16.4. The van der Waals surface area contributed by atoms with Crippen molar-refractivity contribution in [2.45, 2.75) is 39.0 Å². The van der Waals surface area contributed by atoms with Crippen molar-refractivity contribution in [2.75, 3.05) is 6.79 Å². The molecule has 0 spiro atoms. The van der Waals surface area contributed by atoms with Crippen molar-refractivity contribution < 1.29 is 23.8 Å². The molecule has 1 fully saturated rings. The molecule has 2 aromatic rings. The molecule has 0 radical (unpaired) electrons. The number of amides is 1. The molecular weight excluding hydrogens is 360 g/mol. The minimum atomic E-state index is -0.839. The highest BCUT2D eigenvalue weighted by Gasteiger charge is 2.47. The number of cyclic esters (lactones) is 1. The number of nitrogens with zero attached hydrogens (tertiary/aromatic N) is 2. The van der Waals surface area contributed by atoms with Gasteiger partial charge in [-0.05, 0) is 32.0 Å². The zero-order valence-corrected chi connectivity index (χ0v) is 15.9. The number of carbonyl (C=O) groups is 2. The van der Waals surface area contributed by atoms with E-state index in [0.29, 0.717) is 24.6 Å². The Balaban J connectivity index is 1.64. The molecule has 0 bridgehead atoms. The monoisotopic (exact) mass is 382 g/mol. The summed E-state index contributed by atoms with van der Waals surface area (Å²) in [7, 11) is 0. The molecule has 1 aromatic carbocycles. The third-order valence-electron chi connectivity index (χ3n) is 5.11. The van der Waals surface area contributed by atoms with E-state index in [1.165, 1.54) is 0 Å². The lowest BCUT2D eigenvalue weighted by Gasteiger charge is -2.30. The maximum atomic E-state index is 13.4. The van der Waals surface area contributed by atoms with Crippen LogP contribution in [0, 0.1) is 5.92 Å². The van der Waals surface area contributed by atoms with Crippen molar-refractivity contribution in [3.63, 3.8) is 0 Å². The molecule has 7 heteroatoms. The predicted octanol–water partition coefficient (Wildman–Crippen LogP) is 2.68. The second-order valence-corrected chi connectivity index (χ2v) is 7.50. The van der Waals surface area contributed by atoms with E-state index in [-0.39, 0.29) is 25.1 Å². The van der Waals surface area contributed by atoms with Gasteiger partial charge in [-0.25, -0.2) is 0 Å². The maximum absolute atomic E-state index is 13.4. The Morgan fingerprint density at radius 1 is 1.18 bits per heavy atom. The third-order valence-corrected chi connectivity index (χ3v) is 5.11. The summed E-state index contributed by atoms with van der Waals surface area (Å²) in [5, 5.41) is 0. The highest BCUT2D eigenvalue weighted by Crippen LogP contribution is 2.38. The minimum Gasteiger partial charge on any atom is -0.459 e. The van der Waals surface area contributed by atoms with Gasteiger partial charge in [0.15, 0.2) is 11.5 Å². The summed E-state index contributed by atoms with van der Waals surface area (Å²) in [4.78, 5) is 31.3. The summed E-state index contributed by atoms with van der Waals surface area (Å²) in [6, 6.07) is 11.2. The molecule has 0 aliphatic carbocycles. The fraction of sp³-hybridized carbons (Fsp3) is 0.381. The van der Waals surface area contributed by atoms with E-state index in [1.807, 2.05) is 36.4 Å². The second-order valence-electron chi connectivity index (χ2n) is 7.50. The Labute approximate surface area is 163 Å². The van der Waals surface area contributed by atoms with Gasteiger partial charge < -0.3 is 19.1 Å². The lowest BCUT2D eigenvalue weighted by Crippen LogP contribution is -2.42. The van der Waals surface area contributed by atoms with Crippen LogP contribution in [0.15, 0.2) is 42.6 Å². The maximum Gasteiger partial charge on any atom is 0.307 e. The Hall–Kier alpha value is -3.09. The average molecular weight is 382 g/mol. The van der Waals surface area contributed by atoms with Gasteiger partial charge in [0.25, 0.3) is 0 Å². The zero-order chi connectivity index (χ0) is 19.7. The summed E-state index contributed by atoms with van der Waals surface area (Å²) in [5.41, 5.74) is 0.778. The van der Waals surface area contributed by atoms with Crippen molar-refractivity contribution in [1.82, 2.24) is 9.88 Å². The molecule has 0 N–H and O–H groups in total. The molecule has 4 rings (SSSR count). The highest BCUT2D eigenvalue weighted by atomic mass is 16.7. The number of carbonyl (C=O) groups excluding carboxylic acids is 2. The second kappa shape index (κ2) is 7.14. The molecular formula is C21H22N2O5. The first-order valence-corrected chi connectivity index (χ1v) is 9.22. The molecule has 28 heavy (non-hydrogen) atoms. The molecule has 1 aromatic heterocycles. The van der Waals surface area contributed by atoms with Crippen molar-refractivity contribution in [1.29, 1.82) is 0 Å². The number of para-hydroxylation sites is 1. The number of hydrogen-bond acceptors (Lipinski definition) is 6. The number of benzene rings is 1. The van der Waals surface area contributed by atoms with Crippen LogP contribution in [0.1, 0.15) is 31.5 Å². The Bertz CT molecular complexity index is 897. The van der Waals surface area contributed by atoms with E-state index in [4.69, 9.17) is 14.2 Å². The summed E-state index contributed by atoms with van der Waals surface area (Å²) in [6.07, 6.45) is 1.78. The lowest BCUT2D eigenvalue weighted by atomic mass is 9.89. The fourth-order valence-electron chi connectivity index (χ4n) is 3.64. The van der Waals surface area contributed by atoms with Gasteiger partial charge in [0.1, 0.15) is 5.60 Å². The first kappa shape index (κ1) is 18.3. The molecule has 1 saturated heterocycles. The van der Waals surface area contributed by atoms with Gasteiger partial charge in [-0.1, -0.05) is 18.2 Å². The topological polar surface area (TPSA) is 78.0 Å². The number of hydrogen-bond donors (Lipinski definition) is 0. The number of aromatic nitrogens is 1. The van der Waals surface area contributed by atoms with Gasteiger partial charge in [0, 0.05) is 18.3 Å². The van der Waals surface area contributed by atoms with Gasteiger partial charge in [-0.3, -0.25) is 14.6 Å². The van der Waals surface area contributed by atoms with Crippen LogP contribution >= 0.6 is 0 Å². The van der Waals surface area contributed by atoms with Crippen LogP contribution in [-0.4, -0.2) is 34.2 Å².